The van der Waals surface area contributed by atoms with Crippen LogP contribution < -0.4 is 5.32 Å². The summed E-state index contributed by atoms with van der Waals surface area (Å²) in [7, 11) is 0. The Hall–Kier alpha value is -2.11. The number of piperidine rings is 1. The molecule has 0 saturated carbocycles. The van der Waals surface area contributed by atoms with Gasteiger partial charge in [0.05, 0.1) is 0 Å². The van der Waals surface area contributed by atoms with Gasteiger partial charge in [-0.1, -0.05) is 0 Å². The Labute approximate surface area is 150 Å². The fourth-order valence-corrected chi connectivity index (χ4v) is 3.09. The van der Waals surface area contributed by atoms with Crippen LogP contribution >= 0.6 is 0 Å². The van der Waals surface area contributed by atoms with Crippen LogP contribution in [0.2, 0.25) is 0 Å². The van der Waals surface area contributed by atoms with Crippen LogP contribution in [0.3, 0.4) is 0 Å². The van der Waals surface area contributed by atoms with Crippen molar-refractivity contribution in [2.45, 2.75) is 71.1 Å². The topological polar surface area (TPSA) is 71.5 Å². The van der Waals surface area contributed by atoms with Crippen molar-refractivity contribution >= 4 is 12.0 Å². The molecule has 0 spiro atoms. The number of alkyl carbamates (subject to hydrolysis) is 1. The van der Waals surface area contributed by atoms with Crippen LogP contribution in [0.5, 0.6) is 0 Å². The lowest BCUT2D eigenvalue weighted by Crippen LogP contribution is -2.51. The van der Waals surface area contributed by atoms with Gasteiger partial charge in [-0.25, -0.2) is 4.79 Å². The van der Waals surface area contributed by atoms with E-state index in [9.17, 15) is 9.59 Å². The summed E-state index contributed by atoms with van der Waals surface area (Å²) in [5.41, 5.74) is 0.622. The second-order valence-electron chi connectivity index (χ2n) is 7.66. The van der Waals surface area contributed by atoms with Gasteiger partial charge in [-0.05, 0) is 64.7 Å². The van der Waals surface area contributed by atoms with Crippen LogP contribution in [0.25, 0.3) is 0 Å². The molecule has 1 N–H and O–H groups in total. The van der Waals surface area contributed by atoms with Gasteiger partial charge in [0.2, 0.25) is 5.91 Å². The summed E-state index contributed by atoms with van der Waals surface area (Å²) in [4.78, 5) is 30.3. The van der Waals surface area contributed by atoms with Gasteiger partial charge >= 0.3 is 6.09 Å². The van der Waals surface area contributed by atoms with Crippen molar-refractivity contribution in [3.05, 3.63) is 30.1 Å². The largest absolute Gasteiger partial charge is 0.444 e. The quantitative estimate of drug-likeness (QED) is 0.909. The Morgan fingerprint density at radius 1 is 1.32 bits per heavy atom. The Balaban J connectivity index is 1.78. The highest BCUT2D eigenvalue weighted by Gasteiger charge is 2.30. The highest BCUT2D eigenvalue weighted by molar-refractivity contribution is 5.77. The van der Waals surface area contributed by atoms with E-state index in [0.717, 1.165) is 24.8 Å². The summed E-state index contributed by atoms with van der Waals surface area (Å²) >= 11 is 0. The molecule has 1 aliphatic rings. The minimum Gasteiger partial charge on any atom is -0.444 e. The van der Waals surface area contributed by atoms with Crippen molar-refractivity contribution in [3.63, 3.8) is 0 Å². The monoisotopic (exact) mass is 347 g/mol. The number of amides is 2. The number of aromatic nitrogens is 1. The van der Waals surface area contributed by atoms with Crippen molar-refractivity contribution in [1.29, 1.82) is 0 Å². The Kier molecular flexibility index (Phi) is 6.39. The van der Waals surface area contributed by atoms with Crippen LogP contribution in [-0.2, 0) is 16.0 Å². The molecule has 0 bridgehead atoms. The molecule has 0 aliphatic carbocycles. The third-order valence-electron chi connectivity index (χ3n) is 4.29. The standard InChI is InChI=1S/C19H29N3O3/c1-14-13-16(21-18(24)25-19(2,3)4)9-12-22(14)17(23)6-5-15-7-10-20-11-8-15/h7-8,10-11,14,16H,5-6,9,12-13H2,1-4H3,(H,21,24). The molecule has 0 aromatic carbocycles. The van der Waals surface area contributed by atoms with Gasteiger partial charge in [-0.15, -0.1) is 0 Å². The van der Waals surface area contributed by atoms with Gasteiger partial charge in [-0.2, -0.15) is 0 Å². The molecule has 25 heavy (non-hydrogen) atoms. The number of aryl methyl sites for hydroxylation is 1. The second-order valence-corrected chi connectivity index (χ2v) is 7.66. The highest BCUT2D eigenvalue weighted by atomic mass is 16.6. The van der Waals surface area contributed by atoms with Gasteiger partial charge in [0, 0.05) is 37.4 Å². The molecule has 0 radical (unpaired) electrons. The zero-order valence-electron chi connectivity index (χ0n) is 15.6. The lowest BCUT2D eigenvalue weighted by molar-refractivity contribution is -0.134. The van der Waals surface area contributed by atoms with Crippen LogP contribution in [0, 0.1) is 0 Å². The summed E-state index contributed by atoms with van der Waals surface area (Å²) in [6.45, 7) is 8.24. The molecule has 6 nitrogen and oxygen atoms in total. The minimum absolute atomic E-state index is 0.0501. The number of ether oxygens (including phenoxy) is 1. The Bertz CT molecular complexity index is 583. The predicted octanol–water partition coefficient (Wildman–Crippen LogP) is 2.92. The van der Waals surface area contributed by atoms with Crippen LogP contribution in [-0.4, -0.2) is 46.1 Å². The van der Waals surface area contributed by atoms with Crippen molar-refractivity contribution < 1.29 is 14.3 Å². The van der Waals surface area contributed by atoms with E-state index in [1.165, 1.54) is 0 Å². The van der Waals surface area contributed by atoms with Gasteiger partial charge in [0.15, 0.2) is 0 Å². The number of nitrogens with zero attached hydrogens (tertiary/aromatic N) is 2. The average molecular weight is 347 g/mol. The molecule has 1 aromatic rings. The molecule has 2 atom stereocenters. The summed E-state index contributed by atoms with van der Waals surface area (Å²) in [6, 6.07) is 4.04. The van der Waals surface area contributed by atoms with E-state index in [1.54, 1.807) is 12.4 Å². The van der Waals surface area contributed by atoms with Crippen molar-refractivity contribution in [2.24, 2.45) is 0 Å². The van der Waals surface area contributed by atoms with E-state index in [0.29, 0.717) is 13.0 Å². The fraction of sp³-hybridized carbons (Fsp3) is 0.632. The molecule has 1 saturated heterocycles. The smallest absolute Gasteiger partial charge is 0.407 e. The lowest BCUT2D eigenvalue weighted by Gasteiger charge is -2.38. The first-order valence-corrected chi connectivity index (χ1v) is 8.92. The zero-order chi connectivity index (χ0) is 18.4. The van der Waals surface area contributed by atoms with Crippen molar-refractivity contribution in [2.75, 3.05) is 6.54 Å². The van der Waals surface area contributed by atoms with Gasteiger partial charge < -0.3 is 15.0 Å². The van der Waals surface area contributed by atoms with E-state index < -0.39 is 5.60 Å². The van der Waals surface area contributed by atoms with E-state index >= 15 is 0 Å². The van der Waals surface area contributed by atoms with Crippen LogP contribution in [0.4, 0.5) is 4.79 Å². The number of likely N-dealkylation sites (tertiary alicyclic amines) is 1. The highest BCUT2D eigenvalue weighted by Crippen LogP contribution is 2.19. The molecule has 2 rings (SSSR count). The maximum absolute atomic E-state index is 12.5. The molecule has 2 heterocycles. The number of pyridine rings is 1. The number of rotatable bonds is 4. The maximum atomic E-state index is 12.5. The van der Waals surface area contributed by atoms with Gasteiger partial charge in [0.25, 0.3) is 0 Å². The lowest BCUT2D eigenvalue weighted by atomic mass is 9.97. The van der Waals surface area contributed by atoms with E-state index in [2.05, 4.69) is 10.3 Å². The summed E-state index contributed by atoms with van der Waals surface area (Å²) in [5, 5.41) is 2.92. The number of hydrogen-bond acceptors (Lipinski definition) is 4. The minimum atomic E-state index is -0.501. The third kappa shape index (κ3) is 6.36. The number of hydrogen-bond donors (Lipinski definition) is 1. The Morgan fingerprint density at radius 3 is 2.60 bits per heavy atom. The molecular formula is C19H29N3O3. The summed E-state index contributed by atoms with van der Waals surface area (Å²) in [5.74, 6) is 0.167. The molecule has 1 fully saturated rings. The number of carbonyl (C=O) groups excluding carboxylic acids is 2. The zero-order valence-corrected chi connectivity index (χ0v) is 15.6. The molecule has 2 unspecified atom stereocenters. The van der Waals surface area contributed by atoms with Gasteiger partial charge in [0.1, 0.15) is 5.60 Å². The SMILES string of the molecule is CC1CC(NC(=O)OC(C)(C)C)CCN1C(=O)CCc1ccncc1. The maximum Gasteiger partial charge on any atom is 0.407 e. The normalized spacial score (nSPS) is 20.9. The third-order valence-corrected chi connectivity index (χ3v) is 4.29. The first kappa shape index (κ1) is 19.2. The first-order chi connectivity index (χ1) is 11.7. The van der Waals surface area contributed by atoms with Crippen molar-refractivity contribution in [3.8, 4) is 0 Å². The molecule has 1 aromatic heterocycles. The molecule has 6 heteroatoms. The second kappa shape index (κ2) is 8.32. The molecule has 2 amide bonds. The molecule has 138 valence electrons. The average Bonchev–Trinajstić information content (AvgIpc) is 2.52. The molecular weight excluding hydrogens is 318 g/mol. The number of nitrogens with one attached hydrogen (secondary N) is 1. The van der Waals surface area contributed by atoms with Crippen LogP contribution in [0.15, 0.2) is 24.5 Å². The summed E-state index contributed by atoms with van der Waals surface area (Å²) in [6.07, 6.45) is 5.84. The van der Waals surface area contributed by atoms with E-state index in [-0.39, 0.29) is 24.1 Å². The number of carbonyl (C=O) groups is 2. The van der Waals surface area contributed by atoms with Crippen LogP contribution in [0.1, 0.15) is 52.5 Å². The van der Waals surface area contributed by atoms with Crippen molar-refractivity contribution in [1.82, 2.24) is 15.2 Å². The first-order valence-electron chi connectivity index (χ1n) is 8.92. The van der Waals surface area contributed by atoms with E-state index in [1.807, 2.05) is 44.7 Å². The summed E-state index contributed by atoms with van der Waals surface area (Å²) < 4.78 is 5.30. The predicted molar refractivity (Wildman–Crippen MR) is 96.1 cm³/mol. The fourth-order valence-electron chi connectivity index (χ4n) is 3.09. The van der Waals surface area contributed by atoms with E-state index in [4.69, 9.17) is 4.74 Å². The molecule has 1 aliphatic heterocycles. The Morgan fingerprint density at radius 2 is 2.00 bits per heavy atom. The van der Waals surface area contributed by atoms with Gasteiger partial charge in [-0.3, -0.25) is 9.78 Å².